The molecule has 0 atom stereocenters. The molecule has 0 aliphatic carbocycles. The summed E-state index contributed by atoms with van der Waals surface area (Å²) in [6, 6.07) is 0. The Balaban J connectivity index is 3.29. The highest BCUT2D eigenvalue weighted by Crippen LogP contribution is 2.24. The zero-order valence-corrected chi connectivity index (χ0v) is 9.05. The number of halogens is 6. The largest absolute Gasteiger partial charge is 0.294 e. The first kappa shape index (κ1) is 13.9. The number of hydrogen-bond acceptors (Lipinski definition) is 1. The molecule has 94 valence electrons. The van der Waals surface area contributed by atoms with Gasteiger partial charge in [-0.2, -0.15) is 0 Å². The molecular weight excluding hydrogens is 267 g/mol. The predicted octanol–water partition coefficient (Wildman–Crippen LogP) is 3.58. The van der Waals surface area contributed by atoms with Gasteiger partial charge in [0.05, 0.1) is 5.56 Å². The van der Waals surface area contributed by atoms with Crippen LogP contribution in [0.25, 0.3) is 0 Å². The van der Waals surface area contributed by atoms with Crippen LogP contribution in [0.2, 0.25) is 0 Å². The van der Waals surface area contributed by atoms with E-state index in [9.17, 15) is 26.7 Å². The van der Waals surface area contributed by atoms with Crippen LogP contribution in [0.1, 0.15) is 23.2 Å². The van der Waals surface area contributed by atoms with Gasteiger partial charge in [0.2, 0.25) is 5.82 Å². The van der Waals surface area contributed by atoms with Crippen molar-refractivity contribution in [2.45, 2.75) is 12.8 Å². The lowest BCUT2D eigenvalue weighted by atomic mass is 10.0. The van der Waals surface area contributed by atoms with Crippen LogP contribution in [0.4, 0.5) is 22.0 Å². The number of alkyl halides is 1. The molecule has 17 heavy (non-hydrogen) atoms. The highest BCUT2D eigenvalue weighted by Gasteiger charge is 2.29. The normalized spacial score (nSPS) is 10.7. The monoisotopic (exact) mass is 272 g/mol. The van der Waals surface area contributed by atoms with Crippen LogP contribution >= 0.6 is 11.6 Å². The zero-order chi connectivity index (χ0) is 13.2. The maximum absolute atomic E-state index is 13.1. The lowest BCUT2D eigenvalue weighted by Gasteiger charge is -2.06. The summed E-state index contributed by atoms with van der Waals surface area (Å²) >= 11 is 5.25. The van der Waals surface area contributed by atoms with Gasteiger partial charge in [0.1, 0.15) is 0 Å². The quantitative estimate of drug-likeness (QED) is 0.269. The van der Waals surface area contributed by atoms with Crippen LogP contribution in [-0.2, 0) is 0 Å². The van der Waals surface area contributed by atoms with Crippen molar-refractivity contribution >= 4 is 17.4 Å². The molecule has 1 rings (SSSR count). The van der Waals surface area contributed by atoms with E-state index in [-0.39, 0.29) is 18.7 Å². The Morgan fingerprint density at radius 2 is 1.29 bits per heavy atom. The zero-order valence-electron chi connectivity index (χ0n) is 8.30. The third-order valence-electron chi connectivity index (χ3n) is 2.03. The minimum absolute atomic E-state index is 0.0428. The van der Waals surface area contributed by atoms with Crippen LogP contribution < -0.4 is 0 Å². The Bertz CT molecular complexity index is 431. The second kappa shape index (κ2) is 5.44. The summed E-state index contributed by atoms with van der Waals surface area (Å²) in [4.78, 5) is 11.3. The Kier molecular flexibility index (Phi) is 4.45. The predicted molar refractivity (Wildman–Crippen MR) is 50.5 cm³/mol. The van der Waals surface area contributed by atoms with Gasteiger partial charge in [-0.3, -0.25) is 4.79 Å². The second-order valence-corrected chi connectivity index (χ2v) is 3.54. The first-order valence-corrected chi connectivity index (χ1v) is 5.05. The number of hydrogen-bond donors (Lipinski definition) is 0. The summed E-state index contributed by atoms with van der Waals surface area (Å²) in [5.74, 6) is -11.9. The van der Waals surface area contributed by atoms with Crippen molar-refractivity contribution in [2.75, 3.05) is 5.88 Å². The number of carbonyl (C=O) groups excluding carboxylic acids is 1. The van der Waals surface area contributed by atoms with Gasteiger partial charge in [-0.05, 0) is 6.42 Å². The molecule has 0 aliphatic heterocycles. The standard InChI is InChI=1S/C10H6ClF5O/c11-3-1-2-4(17)5-6(12)8(14)10(16)9(15)7(5)13/h1-3H2. The summed E-state index contributed by atoms with van der Waals surface area (Å²) in [5.41, 5.74) is -1.41. The number of ketones is 1. The van der Waals surface area contributed by atoms with E-state index in [0.29, 0.717) is 0 Å². The smallest absolute Gasteiger partial charge is 0.200 e. The third kappa shape index (κ3) is 2.57. The highest BCUT2D eigenvalue weighted by molar-refractivity contribution is 6.18. The van der Waals surface area contributed by atoms with Gasteiger partial charge in [-0.25, -0.2) is 22.0 Å². The SMILES string of the molecule is O=C(CCCCl)c1c(F)c(F)c(F)c(F)c1F. The van der Waals surface area contributed by atoms with E-state index >= 15 is 0 Å². The molecule has 0 bridgehead atoms. The maximum Gasteiger partial charge on any atom is 0.200 e. The van der Waals surface area contributed by atoms with Crippen LogP contribution in [-0.4, -0.2) is 11.7 Å². The van der Waals surface area contributed by atoms with Gasteiger partial charge in [0.25, 0.3) is 0 Å². The fraction of sp³-hybridized carbons (Fsp3) is 0.300. The minimum atomic E-state index is -2.28. The van der Waals surface area contributed by atoms with Gasteiger partial charge >= 0.3 is 0 Å². The van der Waals surface area contributed by atoms with Crippen molar-refractivity contribution in [3.05, 3.63) is 34.6 Å². The molecule has 0 aliphatic rings. The van der Waals surface area contributed by atoms with Crippen molar-refractivity contribution in [3.8, 4) is 0 Å². The number of carbonyl (C=O) groups is 1. The number of Topliss-reactive ketones (excluding diaryl/α,β-unsaturated/α-hetero) is 1. The van der Waals surface area contributed by atoms with Gasteiger partial charge in [-0.1, -0.05) is 0 Å². The molecule has 0 N–H and O–H groups in total. The van der Waals surface area contributed by atoms with E-state index in [4.69, 9.17) is 11.6 Å². The molecule has 0 radical (unpaired) electrons. The Morgan fingerprint density at radius 3 is 1.71 bits per heavy atom. The van der Waals surface area contributed by atoms with Gasteiger partial charge in [0.15, 0.2) is 29.1 Å². The number of rotatable bonds is 4. The summed E-state index contributed by atoms with van der Waals surface area (Å²) in [7, 11) is 0. The summed E-state index contributed by atoms with van der Waals surface area (Å²) in [6.45, 7) is 0. The van der Waals surface area contributed by atoms with Crippen LogP contribution in [0.5, 0.6) is 0 Å². The average Bonchev–Trinajstić information content (AvgIpc) is 2.31. The Morgan fingerprint density at radius 1 is 0.882 bits per heavy atom. The van der Waals surface area contributed by atoms with Crippen molar-refractivity contribution < 1.29 is 26.7 Å². The third-order valence-corrected chi connectivity index (χ3v) is 2.29. The molecule has 0 saturated carbocycles. The molecule has 0 heterocycles. The van der Waals surface area contributed by atoms with Gasteiger partial charge in [-0.15, -0.1) is 11.6 Å². The second-order valence-electron chi connectivity index (χ2n) is 3.16. The molecule has 0 amide bonds. The fourth-order valence-corrected chi connectivity index (χ4v) is 1.34. The molecule has 1 aromatic carbocycles. The average molecular weight is 273 g/mol. The van der Waals surface area contributed by atoms with E-state index in [1.165, 1.54) is 0 Å². The first-order chi connectivity index (χ1) is 7.91. The number of benzene rings is 1. The minimum Gasteiger partial charge on any atom is -0.294 e. The molecule has 0 fully saturated rings. The van der Waals surface area contributed by atoms with Crippen molar-refractivity contribution in [1.82, 2.24) is 0 Å². The first-order valence-electron chi connectivity index (χ1n) is 4.52. The van der Waals surface area contributed by atoms with Crippen molar-refractivity contribution in [1.29, 1.82) is 0 Å². The molecule has 0 spiro atoms. The van der Waals surface area contributed by atoms with Gasteiger partial charge in [0, 0.05) is 12.3 Å². The van der Waals surface area contributed by atoms with Crippen molar-refractivity contribution in [2.24, 2.45) is 0 Å². The Labute approximate surface area is 98.2 Å². The van der Waals surface area contributed by atoms with Crippen LogP contribution in [0.15, 0.2) is 0 Å². The lowest BCUT2D eigenvalue weighted by Crippen LogP contribution is -2.12. The summed E-state index contributed by atoms with van der Waals surface area (Å²) in [5, 5.41) is 0. The van der Waals surface area contributed by atoms with E-state index in [1.54, 1.807) is 0 Å². The van der Waals surface area contributed by atoms with Gasteiger partial charge < -0.3 is 0 Å². The highest BCUT2D eigenvalue weighted by atomic mass is 35.5. The van der Waals surface area contributed by atoms with E-state index in [2.05, 4.69) is 0 Å². The Hall–Kier alpha value is -1.17. The molecule has 0 unspecified atom stereocenters. The summed E-state index contributed by atoms with van der Waals surface area (Å²) < 4.78 is 64.4. The molecular formula is C10H6ClF5O. The van der Waals surface area contributed by atoms with Crippen LogP contribution in [0, 0.1) is 29.1 Å². The van der Waals surface area contributed by atoms with E-state index in [1.807, 2.05) is 0 Å². The van der Waals surface area contributed by atoms with Crippen LogP contribution in [0.3, 0.4) is 0 Å². The molecule has 0 saturated heterocycles. The molecule has 7 heteroatoms. The van der Waals surface area contributed by atoms with Crippen molar-refractivity contribution in [3.63, 3.8) is 0 Å². The van der Waals surface area contributed by atoms with E-state index in [0.717, 1.165) is 0 Å². The molecule has 1 aromatic rings. The maximum atomic E-state index is 13.1. The fourth-order valence-electron chi connectivity index (χ4n) is 1.20. The summed E-state index contributed by atoms with van der Waals surface area (Å²) in [6.07, 6.45) is -0.304. The topological polar surface area (TPSA) is 17.1 Å². The van der Waals surface area contributed by atoms with E-state index < -0.39 is 40.4 Å². The molecule has 1 nitrogen and oxygen atoms in total. The molecule has 0 aromatic heterocycles. The lowest BCUT2D eigenvalue weighted by molar-refractivity contribution is 0.0970.